The lowest BCUT2D eigenvalue weighted by Gasteiger charge is -2.20. The second-order valence-corrected chi connectivity index (χ2v) is 11.7. The zero-order valence-corrected chi connectivity index (χ0v) is 20.3. The number of rotatable bonds is 4. The van der Waals surface area contributed by atoms with E-state index in [9.17, 15) is 8.42 Å². The lowest BCUT2D eigenvalue weighted by atomic mass is 9.86. The van der Waals surface area contributed by atoms with Gasteiger partial charge in [-0.15, -0.1) is 0 Å². The van der Waals surface area contributed by atoms with E-state index in [-0.39, 0.29) is 15.7 Å². The molecule has 3 aromatic rings. The smallest absolute Gasteiger partial charge is 0.339 e. The number of hydrogen-bond acceptors (Lipinski definition) is 3. The molecule has 0 atom stereocenters. The summed E-state index contributed by atoms with van der Waals surface area (Å²) in [6, 6.07) is 20.6. The molecule has 0 spiro atoms. The summed E-state index contributed by atoms with van der Waals surface area (Å²) in [5.74, 6) is 0.308. The van der Waals surface area contributed by atoms with E-state index < -0.39 is 10.1 Å². The van der Waals surface area contributed by atoms with Gasteiger partial charge in [0.15, 0.2) is 0 Å². The van der Waals surface area contributed by atoms with Crippen LogP contribution in [0, 0.1) is 6.92 Å². The molecular weight excluding hydrogens is 404 g/mol. The van der Waals surface area contributed by atoms with Crippen LogP contribution in [0.2, 0.25) is 0 Å². The molecule has 0 aliphatic heterocycles. The molecule has 0 N–H and O–H groups in total. The van der Waals surface area contributed by atoms with Gasteiger partial charge < -0.3 is 4.18 Å². The van der Waals surface area contributed by atoms with Gasteiger partial charge in [-0.3, -0.25) is 0 Å². The van der Waals surface area contributed by atoms with E-state index in [0.717, 1.165) is 16.7 Å². The molecule has 0 aromatic heterocycles. The summed E-state index contributed by atoms with van der Waals surface area (Å²) in [7, 11) is -4.00. The second kappa shape index (κ2) is 8.16. The standard InChI is InChI=1S/C27H32O3S/c1-19-8-17-25(24(18-19)20-9-11-21(12-10-20)26(2,3)4)31(28,29)30-23-15-13-22(14-16-23)27(5,6)7/h8-18H,1-7H3. The van der Waals surface area contributed by atoms with Crippen LogP contribution in [0.25, 0.3) is 11.1 Å². The van der Waals surface area contributed by atoms with Crippen LogP contribution in [-0.4, -0.2) is 8.42 Å². The summed E-state index contributed by atoms with van der Waals surface area (Å²) in [5.41, 5.74) is 4.82. The molecule has 0 heterocycles. The van der Waals surface area contributed by atoms with Crippen molar-refractivity contribution in [1.29, 1.82) is 0 Å². The summed E-state index contributed by atoms with van der Waals surface area (Å²) in [5, 5.41) is 0. The van der Waals surface area contributed by atoms with Crippen molar-refractivity contribution >= 4 is 10.1 Å². The first-order valence-corrected chi connectivity index (χ1v) is 11.9. The van der Waals surface area contributed by atoms with Crippen molar-refractivity contribution in [3.8, 4) is 16.9 Å². The highest BCUT2D eigenvalue weighted by Gasteiger charge is 2.23. The van der Waals surface area contributed by atoms with Crippen LogP contribution in [0.5, 0.6) is 5.75 Å². The quantitative estimate of drug-likeness (QED) is 0.413. The average Bonchev–Trinajstić information content (AvgIpc) is 2.66. The van der Waals surface area contributed by atoms with Crippen molar-refractivity contribution < 1.29 is 12.6 Å². The molecule has 164 valence electrons. The molecule has 0 aliphatic rings. The highest BCUT2D eigenvalue weighted by molar-refractivity contribution is 7.87. The molecule has 3 nitrogen and oxygen atoms in total. The zero-order valence-electron chi connectivity index (χ0n) is 19.5. The molecule has 0 bridgehead atoms. The largest absolute Gasteiger partial charge is 0.379 e. The van der Waals surface area contributed by atoms with Crippen molar-refractivity contribution in [2.75, 3.05) is 0 Å². The molecule has 4 heteroatoms. The molecule has 0 unspecified atom stereocenters. The summed E-state index contributed by atoms with van der Waals surface area (Å²) in [6.45, 7) is 14.8. The Morgan fingerprint density at radius 2 is 1.16 bits per heavy atom. The SMILES string of the molecule is Cc1ccc(S(=O)(=O)Oc2ccc(C(C)(C)C)cc2)c(-c2ccc(C(C)(C)C)cc2)c1. The van der Waals surface area contributed by atoms with E-state index in [0.29, 0.717) is 11.3 Å². The fourth-order valence-electron chi connectivity index (χ4n) is 3.42. The highest BCUT2D eigenvalue weighted by atomic mass is 32.2. The van der Waals surface area contributed by atoms with E-state index in [1.54, 1.807) is 24.3 Å². The van der Waals surface area contributed by atoms with Crippen LogP contribution in [0.15, 0.2) is 71.6 Å². The fraction of sp³-hybridized carbons (Fsp3) is 0.333. The van der Waals surface area contributed by atoms with Crippen LogP contribution >= 0.6 is 0 Å². The van der Waals surface area contributed by atoms with E-state index in [2.05, 4.69) is 53.7 Å². The second-order valence-electron chi connectivity index (χ2n) is 10.1. The summed E-state index contributed by atoms with van der Waals surface area (Å²) >= 11 is 0. The van der Waals surface area contributed by atoms with E-state index in [1.165, 1.54) is 5.56 Å². The van der Waals surface area contributed by atoms with Crippen molar-refractivity contribution in [1.82, 2.24) is 0 Å². The molecule has 0 saturated heterocycles. The van der Waals surface area contributed by atoms with Gasteiger partial charge in [-0.2, -0.15) is 8.42 Å². The van der Waals surface area contributed by atoms with E-state index >= 15 is 0 Å². The first kappa shape index (κ1) is 23.1. The third-order valence-electron chi connectivity index (χ3n) is 5.39. The number of aryl methyl sites for hydroxylation is 1. The Bertz CT molecular complexity index is 1160. The summed E-state index contributed by atoms with van der Waals surface area (Å²) in [4.78, 5) is 0.168. The third kappa shape index (κ3) is 5.37. The molecule has 0 saturated carbocycles. The minimum atomic E-state index is -4.00. The normalized spacial score (nSPS) is 12.6. The third-order valence-corrected chi connectivity index (χ3v) is 6.70. The Balaban J connectivity index is 1.99. The maximum Gasteiger partial charge on any atom is 0.339 e. The van der Waals surface area contributed by atoms with Crippen LogP contribution in [0.3, 0.4) is 0 Å². The highest BCUT2D eigenvalue weighted by Crippen LogP contribution is 2.33. The van der Waals surface area contributed by atoms with Gasteiger partial charge in [0.25, 0.3) is 0 Å². The van der Waals surface area contributed by atoms with E-state index in [1.807, 2.05) is 37.3 Å². The van der Waals surface area contributed by atoms with Crippen molar-refractivity contribution in [2.45, 2.75) is 64.2 Å². The molecular formula is C27H32O3S. The molecule has 3 rings (SSSR count). The van der Waals surface area contributed by atoms with Crippen LogP contribution in [-0.2, 0) is 20.9 Å². The molecule has 31 heavy (non-hydrogen) atoms. The van der Waals surface area contributed by atoms with Gasteiger partial charge in [0, 0.05) is 5.56 Å². The van der Waals surface area contributed by atoms with Gasteiger partial charge in [-0.05, 0) is 58.7 Å². The average molecular weight is 437 g/mol. The van der Waals surface area contributed by atoms with Gasteiger partial charge in [-0.25, -0.2) is 0 Å². The Hall–Kier alpha value is -2.59. The molecule has 0 radical (unpaired) electrons. The lowest BCUT2D eigenvalue weighted by Crippen LogP contribution is -2.13. The van der Waals surface area contributed by atoms with Crippen LogP contribution in [0.4, 0.5) is 0 Å². The fourth-order valence-corrected chi connectivity index (χ4v) is 4.55. The predicted octanol–water partition coefficient (Wildman–Crippen LogP) is 7.02. The molecule has 3 aromatic carbocycles. The Labute approximate surface area is 187 Å². The van der Waals surface area contributed by atoms with Gasteiger partial charge in [0.1, 0.15) is 10.6 Å². The van der Waals surface area contributed by atoms with Crippen LogP contribution < -0.4 is 4.18 Å². The maximum absolute atomic E-state index is 13.2. The van der Waals surface area contributed by atoms with Crippen molar-refractivity contribution in [2.24, 2.45) is 0 Å². The maximum atomic E-state index is 13.2. The zero-order chi connectivity index (χ0) is 23.0. The van der Waals surface area contributed by atoms with Gasteiger partial charge in [0.05, 0.1) is 0 Å². The summed E-state index contributed by atoms with van der Waals surface area (Å²) in [6.07, 6.45) is 0. The first-order chi connectivity index (χ1) is 14.3. The van der Waals surface area contributed by atoms with Crippen molar-refractivity contribution in [3.63, 3.8) is 0 Å². The van der Waals surface area contributed by atoms with E-state index in [4.69, 9.17) is 4.18 Å². The molecule has 0 amide bonds. The Morgan fingerprint density at radius 3 is 1.65 bits per heavy atom. The Kier molecular flexibility index (Phi) is 6.07. The first-order valence-electron chi connectivity index (χ1n) is 10.5. The minimum Gasteiger partial charge on any atom is -0.379 e. The topological polar surface area (TPSA) is 43.4 Å². The van der Waals surface area contributed by atoms with Crippen LogP contribution in [0.1, 0.15) is 58.2 Å². The van der Waals surface area contributed by atoms with Gasteiger partial charge >= 0.3 is 10.1 Å². The molecule has 0 fully saturated rings. The van der Waals surface area contributed by atoms with Gasteiger partial charge in [0.2, 0.25) is 0 Å². The number of benzene rings is 3. The minimum absolute atomic E-state index is 0.0131. The lowest BCUT2D eigenvalue weighted by molar-refractivity contribution is 0.486. The number of hydrogen-bond donors (Lipinski definition) is 0. The summed E-state index contributed by atoms with van der Waals surface area (Å²) < 4.78 is 31.9. The molecule has 0 aliphatic carbocycles. The van der Waals surface area contributed by atoms with Crippen molar-refractivity contribution in [3.05, 3.63) is 83.4 Å². The predicted molar refractivity (Wildman–Crippen MR) is 128 cm³/mol. The van der Waals surface area contributed by atoms with Gasteiger partial charge in [-0.1, -0.05) is 89.6 Å². The monoisotopic (exact) mass is 436 g/mol. The Morgan fingerprint density at radius 1 is 0.677 bits per heavy atom.